The molecule has 10 heteroatoms. The van der Waals surface area contributed by atoms with Crippen molar-refractivity contribution in [3.05, 3.63) is 76.9 Å². The first-order valence-electron chi connectivity index (χ1n) is 9.85. The van der Waals surface area contributed by atoms with E-state index in [2.05, 4.69) is 27.3 Å². The van der Waals surface area contributed by atoms with Gasteiger partial charge in [0.05, 0.1) is 12.3 Å². The predicted octanol–water partition coefficient (Wildman–Crippen LogP) is 4.16. The zero-order chi connectivity index (χ0) is 24.6. The number of halogens is 2. The van der Waals surface area contributed by atoms with Crippen LogP contribution in [0.25, 0.3) is 5.57 Å². The minimum Gasteiger partial charge on any atom is -0.480 e. The number of nitriles is 1. The molecule has 2 rings (SSSR count). The summed E-state index contributed by atoms with van der Waals surface area (Å²) in [7, 11) is 0. The topological polar surface area (TPSA) is 132 Å². The van der Waals surface area contributed by atoms with E-state index in [-0.39, 0.29) is 24.1 Å². The normalized spacial score (nSPS) is 14.6. The summed E-state index contributed by atoms with van der Waals surface area (Å²) in [5.41, 5.74) is -0.219. The van der Waals surface area contributed by atoms with E-state index in [0.717, 1.165) is 5.56 Å². The van der Waals surface area contributed by atoms with E-state index in [1.165, 1.54) is 25.3 Å². The highest BCUT2D eigenvalue weighted by molar-refractivity contribution is 6.29. The molecule has 0 bridgehead atoms. The van der Waals surface area contributed by atoms with E-state index in [1.54, 1.807) is 37.3 Å². The molecule has 1 amide bonds. The molecule has 2 atom stereocenters. The van der Waals surface area contributed by atoms with Crippen LogP contribution >= 0.6 is 11.6 Å². The molecule has 172 valence electrons. The number of amides is 1. The van der Waals surface area contributed by atoms with Crippen LogP contribution in [0.2, 0.25) is 0 Å². The summed E-state index contributed by atoms with van der Waals surface area (Å²) < 4.78 is 14.2. The fourth-order valence-corrected chi connectivity index (χ4v) is 3.03. The molecule has 2 aromatic rings. The van der Waals surface area contributed by atoms with Gasteiger partial charge in [-0.25, -0.2) is 4.39 Å². The van der Waals surface area contributed by atoms with Crippen molar-refractivity contribution < 1.29 is 19.1 Å². The molecule has 33 heavy (non-hydrogen) atoms. The summed E-state index contributed by atoms with van der Waals surface area (Å²) in [4.78, 5) is 24.0. The van der Waals surface area contributed by atoms with Crippen LogP contribution in [0.5, 0.6) is 0 Å². The molecule has 8 nitrogen and oxygen atoms in total. The Bertz CT molecular complexity index is 1120. The predicted molar refractivity (Wildman–Crippen MR) is 122 cm³/mol. The number of hydrogen-bond acceptors (Lipinski definition) is 5. The Morgan fingerprint density at radius 3 is 2.58 bits per heavy atom. The van der Waals surface area contributed by atoms with Crippen LogP contribution in [0.3, 0.4) is 0 Å². The number of carboxylic acids is 1. The standard InChI is InChI=1S/C23H23ClFN5O3/c1-14(24)4-9-19(25)15(2)17-7-5-16(6-8-17)10-18(11-23(3,13-26)22(32)33)28-21(31)20-12-27-30-29-20/h4-9,12,18H,2,10-11H2,1,3H3,(H,28,31)(H,32,33)(H,27,29,30)/b14-4+,19-9+/t18-,23?/m1/s1. The number of nitrogens with zero attached hydrogens (tertiary/aromatic N) is 3. The number of carbonyl (C=O) groups is 2. The number of carbonyl (C=O) groups excluding carboxylic acids is 1. The number of aromatic amines is 1. The Morgan fingerprint density at radius 2 is 2.06 bits per heavy atom. The molecular weight excluding hydrogens is 449 g/mol. The second kappa shape index (κ2) is 11.2. The first kappa shape index (κ1) is 25.5. The lowest BCUT2D eigenvalue weighted by molar-refractivity contribution is -0.145. The van der Waals surface area contributed by atoms with Gasteiger partial charge in [-0.05, 0) is 50.0 Å². The van der Waals surface area contributed by atoms with Crippen LogP contribution in [0.1, 0.15) is 41.9 Å². The van der Waals surface area contributed by atoms with E-state index in [4.69, 9.17) is 11.6 Å². The zero-order valence-electron chi connectivity index (χ0n) is 18.1. The second-order valence-corrected chi connectivity index (χ2v) is 8.22. The van der Waals surface area contributed by atoms with Crippen molar-refractivity contribution in [3.8, 4) is 6.07 Å². The third kappa shape index (κ3) is 7.12. The minimum absolute atomic E-state index is 0.0316. The summed E-state index contributed by atoms with van der Waals surface area (Å²) in [5, 5.41) is 31.6. The molecule has 0 aliphatic rings. The van der Waals surface area contributed by atoms with E-state index in [0.29, 0.717) is 10.6 Å². The number of benzene rings is 1. The average molecular weight is 472 g/mol. The Morgan fingerprint density at radius 1 is 1.39 bits per heavy atom. The Balaban J connectivity index is 2.22. The van der Waals surface area contributed by atoms with Gasteiger partial charge >= 0.3 is 5.97 Å². The van der Waals surface area contributed by atoms with Gasteiger partial charge in [-0.15, -0.1) is 0 Å². The third-order valence-corrected chi connectivity index (χ3v) is 5.01. The van der Waals surface area contributed by atoms with Gasteiger partial charge in [-0.3, -0.25) is 9.59 Å². The van der Waals surface area contributed by atoms with E-state index in [1.807, 2.05) is 0 Å². The Kier molecular flexibility index (Phi) is 8.65. The quantitative estimate of drug-likeness (QED) is 0.446. The molecule has 0 radical (unpaired) electrons. The minimum atomic E-state index is -1.71. The van der Waals surface area contributed by atoms with Crippen molar-refractivity contribution in [1.29, 1.82) is 5.26 Å². The first-order valence-corrected chi connectivity index (χ1v) is 10.2. The summed E-state index contributed by atoms with van der Waals surface area (Å²) in [5.74, 6) is -2.38. The highest BCUT2D eigenvalue weighted by Gasteiger charge is 2.36. The van der Waals surface area contributed by atoms with Crippen molar-refractivity contribution in [2.45, 2.75) is 32.7 Å². The van der Waals surface area contributed by atoms with Crippen LogP contribution in [0, 0.1) is 16.7 Å². The van der Waals surface area contributed by atoms with Gasteiger partial charge in [-0.1, -0.05) is 42.4 Å². The average Bonchev–Trinajstić information content (AvgIpc) is 3.32. The smallest absolute Gasteiger partial charge is 0.323 e. The molecule has 1 unspecified atom stereocenters. The monoisotopic (exact) mass is 471 g/mol. The van der Waals surface area contributed by atoms with Gasteiger partial charge in [-0.2, -0.15) is 20.7 Å². The number of allylic oxidation sites excluding steroid dienone is 5. The van der Waals surface area contributed by atoms with E-state index >= 15 is 0 Å². The van der Waals surface area contributed by atoms with Crippen LogP contribution in [-0.4, -0.2) is 38.4 Å². The molecule has 0 fully saturated rings. The van der Waals surface area contributed by atoms with Crippen LogP contribution in [0.4, 0.5) is 4.39 Å². The van der Waals surface area contributed by atoms with E-state index in [9.17, 15) is 24.3 Å². The number of rotatable bonds is 10. The van der Waals surface area contributed by atoms with Gasteiger partial charge in [0.15, 0.2) is 11.1 Å². The number of nitrogens with one attached hydrogen (secondary N) is 2. The van der Waals surface area contributed by atoms with Crippen molar-refractivity contribution in [2.75, 3.05) is 0 Å². The molecule has 1 aromatic carbocycles. The van der Waals surface area contributed by atoms with Gasteiger partial charge in [0.1, 0.15) is 5.83 Å². The SMILES string of the molecule is C=C(/C(F)=C\C=C(/C)Cl)c1ccc(C[C@H](CC(C)(C#N)C(=O)O)NC(=O)c2cn[nH]n2)cc1. The zero-order valence-corrected chi connectivity index (χ0v) is 18.9. The third-order valence-electron chi connectivity index (χ3n) is 4.89. The molecule has 0 aliphatic carbocycles. The number of hydrogen-bond donors (Lipinski definition) is 3. The number of H-pyrrole nitrogens is 1. The molecule has 1 heterocycles. The first-order chi connectivity index (χ1) is 15.6. The van der Waals surface area contributed by atoms with Crippen molar-refractivity contribution in [1.82, 2.24) is 20.7 Å². The van der Waals surface area contributed by atoms with Crippen LogP contribution < -0.4 is 5.32 Å². The number of carboxylic acid groups (broad SMARTS) is 1. The van der Waals surface area contributed by atoms with Gasteiger partial charge in [0, 0.05) is 16.6 Å². The number of aromatic nitrogens is 3. The lowest BCUT2D eigenvalue weighted by atomic mass is 9.83. The molecule has 3 N–H and O–H groups in total. The summed E-state index contributed by atoms with van der Waals surface area (Å²) in [6.45, 7) is 6.67. The maximum absolute atomic E-state index is 14.2. The second-order valence-electron chi connectivity index (χ2n) is 7.63. The largest absolute Gasteiger partial charge is 0.480 e. The molecule has 0 saturated carbocycles. The van der Waals surface area contributed by atoms with Crippen molar-refractivity contribution >= 4 is 29.1 Å². The fraction of sp³-hybridized carbons (Fsp3) is 0.261. The van der Waals surface area contributed by atoms with Crippen molar-refractivity contribution in [3.63, 3.8) is 0 Å². The molecule has 1 aromatic heterocycles. The molecule has 0 saturated heterocycles. The van der Waals surface area contributed by atoms with E-state index < -0.39 is 29.2 Å². The van der Waals surface area contributed by atoms with Crippen LogP contribution in [0.15, 0.2) is 60.1 Å². The lowest BCUT2D eigenvalue weighted by Crippen LogP contribution is -2.42. The van der Waals surface area contributed by atoms with Gasteiger partial charge in [0.25, 0.3) is 5.91 Å². The molecule has 0 spiro atoms. The Labute approximate surface area is 195 Å². The fourth-order valence-electron chi connectivity index (χ4n) is 2.97. The van der Waals surface area contributed by atoms with Crippen molar-refractivity contribution in [2.24, 2.45) is 5.41 Å². The highest BCUT2D eigenvalue weighted by atomic mass is 35.5. The summed E-state index contributed by atoms with van der Waals surface area (Å²) in [6, 6.07) is 7.87. The molecule has 0 aliphatic heterocycles. The summed E-state index contributed by atoms with van der Waals surface area (Å²) >= 11 is 5.71. The van der Waals surface area contributed by atoms with Crippen LogP contribution in [-0.2, 0) is 11.2 Å². The van der Waals surface area contributed by atoms with Gasteiger partial charge in [0.2, 0.25) is 0 Å². The lowest BCUT2D eigenvalue weighted by Gasteiger charge is -2.25. The maximum Gasteiger partial charge on any atom is 0.323 e. The molecular formula is C23H23ClFN5O3. The highest BCUT2D eigenvalue weighted by Crippen LogP contribution is 2.26. The summed E-state index contributed by atoms with van der Waals surface area (Å²) in [6.07, 6.45) is 3.97. The number of aliphatic carboxylic acids is 1. The van der Waals surface area contributed by atoms with Gasteiger partial charge < -0.3 is 10.4 Å². The maximum atomic E-state index is 14.2. The Hall–Kier alpha value is -3.77.